The molecular weight excluding hydrogens is 271 g/mol. The van der Waals surface area contributed by atoms with Crippen LogP contribution >= 0.6 is 15.9 Å². The van der Waals surface area contributed by atoms with Gasteiger partial charge in [0.05, 0.1) is 4.47 Å². The van der Waals surface area contributed by atoms with E-state index in [1.165, 1.54) is 6.07 Å². The van der Waals surface area contributed by atoms with E-state index in [1.807, 2.05) is 18.2 Å². The van der Waals surface area contributed by atoms with Crippen LogP contribution in [0.2, 0.25) is 0 Å². The molecular formula is C12H10BrFN2. The van der Waals surface area contributed by atoms with E-state index < -0.39 is 0 Å². The molecule has 4 heteroatoms. The first-order chi connectivity index (χ1) is 7.75. The molecule has 0 aliphatic carbocycles. The van der Waals surface area contributed by atoms with Crippen LogP contribution in [-0.4, -0.2) is 4.98 Å². The molecule has 2 aromatic rings. The van der Waals surface area contributed by atoms with E-state index in [-0.39, 0.29) is 5.82 Å². The third kappa shape index (κ3) is 2.79. The fourth-order valence-corrected chi connectivity index (χ4v) is 1.74. The van der Waals surface area contributed by atoms with Gasteiger partial charge in [0, 0.05) is 12.7 Å². The monoisotopic (exact) mass is 280 g/mol. The van der Waals surface area contributed by atoms with Crippen LogP contribution in [0.3, 0.4) is 0 Å². The van der Waals surface area contributed by atoms with E-state index in [0.29, 0.717) is 11.0 Å². The smallest absolute Gasteiger partial charge is 0.137 e. The summed E-state index contributed by atoms with van der Waals surface area (Å²) in [5.41, 5.74) is 0.999. The lowest BCUT2D eigenvalue weighted by Gasteiger charge is -2.05. The topological polar surface area (TPSA) is 24.9 Å². The van der Waals surface area contributed by atoms with Gasteiger partial charge >= 0.3 is 0 Å². The lowest BCUT2D eigenvalue weighted by molar-refractivity contribution is 0.620. The van der Waals surface area contributed by atoms with Gasteiger partial charge in [0.1, 0.15) is 11.6 Å². The quantitative estimate of drug-likeness (QED) is 0.929. The summed E-state index contributed by atoms with van der Waals surface area (Å²) in [6.07, 6.45) is 1.73. The highest BCUT2D eigenvalue weighted by molar-refractivity contribution is 9.10. The molecule has 1 heterocycles. The molecule has 2 rings (SSSR count). The molecule has 1 aromatic heterocycles. The van der Waals surface area contributed by atoms with Gasteiger partial charge in [-0.25, -0.2) is 9.37 Å². The van der Waals surface area contributed by atoms with Gasteiger partial charge in [-0.05, 0) is 45.8 Å². The molecule has 0 saturated heterocycles. The van der Waals surface area contributed by atoms with Gasteiger partial charge in [-0.1, -0.05) is 12.1 Å². The van der Waals surface area contributed by atoms with E-state index in [2.05, 4.69) is 26.2 Å². The molecule has 0 aliphatic rings. The zero-order valence-electron chi connectivity index (χ0n) is 8.45. The minimum atomic E-state index is -0.249. The van der Waals surface area contributed by atoms with Crippen molar-refractivity contribution in [1.29, 1.82) is 0 Å². The van der Waals surface area contributed by atoms with Crippen molar-refractivity contribution in [2.45, 2.75) is 6.54 Å². The summed E-state index contributed by atoms with van der Waals surface area (Å²) >= 11 is 3.15. The van der Waals surface area contributed by atoms with Crippen molar-refractivity contribution in [3.05, 3.63) is 58.4 Å². The second-order valence-electron chi connectivity index (χ2n) is 3.32. The predicted molar refractivity (Wildman–Crippen MR) is 65.7 cm³/mol. The SMILES string of the molecule is Fc1ccc(CNc2ccccn2)cc1Br. The first-order valence-electron chi connectivity index (χ1n) is 4.84. The van der Waals surface area contributed by atoms with E-state index in [0.717, 1.165) is 11.4 Å². The van der Waals surface area contributed by atoms with Crippen LogP contribution in [0.5, 0.6) is 0 Å². The van der Waals surface area contributed by atoms with Crippen molar-refractivity contribution in [3.63, 3.8) is 0 Å². The number of benzene rings is 1. The number of hydrogen-bond acceptors (Lipinski definition) is 2. The Kier molecular flexibility index (Phi) is 3.51. The first kappa shape index (κ1) is 11.1. The summed E-state index contributed by atoms with van der Waals surface area (Å²) in [6, 6.07) is 10.6. The zero-order valence-corrected chi connectivity index (χ0v) is 10.0. The van der Waals surface area contributed by atoms with Gasteiger partial charge in [0.2, 0.25) is 0 Å². The number of hydrogen-bond donors (Lipinski definition) is 1. The maximum absolute atomic E-state index is 13.0. The van der Waals surface area contributed by atoms with Gasteiger partial charge in [0.25, 0.3) is 0 Å². The summed E-state index contributed by atoms with van der Waals surface area (Å²) in [7, 11) is 0. The number of rotatable bonds is 3. The molecule has 0 atom stereocenters. The Morgan fingerprint density at radius 3 is 2.81 bits per heavy atom. The normalized spacial score (nSPS) is 10.1. The second-order valence-corrected chi connectivity index (χ2v) is 4.17. The Hall–Kier alpha value is -1.42. The van der Waals surface area contributed by atoms with Crippen LogP contribution in [0.25, 0.3) is 0 Å². The van der Waals surface area contributed by atoms with Gasteiger partial charge in [-0.2, -0.15) is 0 Å². The van der Waals surface area contributed by atoms with Crippen molar-refractivity contribution >= 4 is 21.7 Å². The largest absolute Gasteiger partial charge is 0.366 e. The molecule has 0 radical (unpaired) electrons. The zero-order chi connectivity index (χ0) is 11.4. The van der Waals surface area contributed by atoms with E-state index in [9.17, 15) is 4.39 Å². The van der Waals surface area contributed by atoms with Crippen LogP contribution < -0.4 is 5.32 Å². The maximum atomic E-state index is 13.0. The highest BCUT2D eigenvalue weighted by Gasteiger charge is 2.00. The van der Waals surface area contributed by atoms with Gasteiger partial charge in [0.15, 0.2) is 0 Å². The summed E-state index contributed by atoms with van der Waals surface area (Å²) in [5, 5.41) is 3.15. The van der Waals surface area contributed by atoms with E-state index >= 15 is 0 Å². The van der Waals surface area contributed by atoms with Crippen LogP contribution in [0.4, 0.5) is 10.2 Å². The summed E-state index contributed by atoms with van der Waals surface area (Å²) in [6.45, 7) is 0.621. The average molecular weight is 281 g/mol. The molecule has 0 bridgehead atoms. The van der Waals surface area contributed by atoms with Crippen molar-refractivity contribution in [3.8, 4) is 0 Å². The molecule has 0 fully saturated rings. The Balaban J connectivity index is 2.03. The van der Waals surface area contributed by atoms with Gasteiger partial charge < -0.3 is 5.32 Å². The van der Waals surface area contributed by atoms with E-state index in [1.54, 1.807) is 18.3 Å². The molecule has 16 heavy (non-hydrogen) atoms. The molecule has 0 aliphatic heterocycles. The number of nitrogens with zero attached hydrogens (tertiary/aromatic N) is 1. The van der Waals surface area contributed by atoms with Crippen LogP contribution in [0.15, 0.2) is 47.1 Å². The summed E-state index contributed by atoms with van der Waals surface area (Å²) in [4.78, 5) is 4.14. The van der Waals surface area contributed by atoms with Crippen molar-refractivity contribution in [1.82, 2.24) is 4.98 Å². The lowest BCUT2D eigenvalue weighted by atomic mass is 10.2. The van der Waals surface area contributed by atoms with Crippen molar-refractivity contribution in [2.24, 2.45) is 0 Å². The highest BCUT2D eigenvalue weighted by atomic mass is 79.9. The van der Waals surface area contributed by atoms with Gasteiger partial charge in [-0.3, -0.25) is 0 Å². The maximum Gasteiger partial charge on any atom is 0.137 e. The van der Waals surface area contributed by atoms with Crippen LogP contribution in [0.1, 0.15) is 5.56 Å². The minimum absolute atomic E-state index is 0.249. The fraction of sp³-hybridized carbons (Fsp3) is 0.0833. The first-order valence-corrected chi connectivity index (χ1v) is 5.64. The second kappa shape index (κ2) is 5.07. The molecule has 1 aromatic carbocycles. The third-order valence-corrected chi connectivity index (χ3v) is 2.73. The summed E-state index contributed by atoms with van der Waals surface area (Å²) in [5.74, 6) is 0.560. The third-order valence-electron chi connectivity index (χ3n) is 2.12. The molecule has 0 unspecified atom stereocenters. The number of anilines is 1. The number of nitrogens with one attached hydrogen (secondary N) is 1. The van der Waals surface area contributed by atoms with E-state index in [4.69, 9.17) is 0 Å². The molecule has 0 amide bonds. The van der Waals surface area contributed by atoms with Gasteiger partial charge in [-0.15, -0.1) is 0 Å². The molecule has 0 spiro atoms. The minimum Gasteiger partial charge on any atom is -0.366 e. The molecule has 82 valence electrons. The molecule has 2 nitrogen and oxygen atoms in total. The number of halogens is 2. The standard InChI is InChI=1S/C12H10BrFN2/c13-10-7-9(4-5-11(10)14)8-16-12-3-1-2-6-15-12/h1-7H,8H2,(H,15,16). The Morgan fingerprint density at radius 2 is 2.12 bits per heavy atom. The lowest BCUT2D eigenvalue weighted by Crippen LogP contribution is -2.00. The van der Waals surface area contributed by atoms with Crippen LogP contribution in [-0.2, 0) is 6.54 Å². The highest BCUT2D eigenvalue weighted by Crippen LogP contribution is 2.17. The number of pyridine rings is 1. The Labute approximate surface area is 102 Å². The van der Waals surface area contributed by atoms with Crippen molar-refractivity contribution in [2.75, 3.05) is 5.32 Å². The average Bonchev–Trinajstić information content (AvgIpc) is 2.32. The Morgan fingerprint density at radius 1 is 1.25 bits per heavy atom. The summed E-state index contributed by atoms with van der Waals surface area (Å²) < 4.78 is 13.5. The van der Waals surface area contributed by atoms with Crippen molar-refractivity contribution < 1.29 is 4.39 Å². The molecule has 1 N–H and O–H groups in total. The molecule has 0 saturated carbocycles. The van der Waals surface area contributed by atoms with Crippen LogP contribution in [0, 0.1) is 5.82 Å². The fourth-order valence-electron chi connectivity index (χ4n) is 1.31. The number of aromatic nitrogens is 1. The Bertz CT molecular complexity index is 474. The predicted octanol–water partition coefficient (Wildman–Crippen LogP) is 3.60.